The summed E-state index contributed by atoms with van der Waals surface area (Å²) in [6.45, 7) is 6.85. The first-order valence-corrected chi connectivity index (χ1v) is 13.4. The molecule has 9 heteroatoms. The average molecular weight is 530 g/mol. The van der Waals surface area contributed by atoms with Gasteiger partial charge in [0, 0.05) is 24.2 Å². The van der Waals surface area contributed by atoms with Crippen LogP contribution in [-0.4, -0.2) is 54.6 Å². The zero-order valence-electron chi connectivity index (χ0n) is 21.2. The summed E-state index contributed by atoms with van der Waals surface area (Å²) in [5.41, 5.74) is 0.234. The van der Waals surface area contributed by atoms with Crippen LogP contribution in [0.5, 0.6) is 0 Å². The van der Waals surface area contributed by atoms with Gasteiger partial charge in [-0.1, -0.05) is 54.1 Å². The highest BCUT2D eigenvalue weighted by Gasteiger charge is 2.31. The minimum Gasteiger partial charge on any atom is -0.350 e. The average Bonchev–Trinajstić information content (AvgIpc) is 2.80. The number of sulfonamides is 1. The van der Waals surface area contributed by atoms with E-state index in [0.29, 0.717) is 5.02 Å². The predicted molar refractivity (Wildman–Crippen MR) is 143 cm³/mol. The third-order valence-corrected chi connectivity index (χ3v) is 7.73. The van der Waals surface area contributed by atoms with Crippen molar-refractivity contribution in [3.05, 3.63) is 77.3 Å². The van der Waals surface area contributed by atoms with Crippen LogP contribution in [0, 0.1) is 0 Å². The first kappa shape index (κ1) is 27.6. The van der Waals surface area contributed by atoms with Gasteiger partial charge in [-0.05, 0) is 68.3 Å². The maximum absolute atomic E-state index is 13.5. The Morgan fingerprint density at radius 3 is 2.28 bits per heavy atom. The number of halogens is 1. The summed E-state index contributed by atoms with van der Waals surface area (Å²) in [5, 5.41) is 5.09. The molecule has 1 N–H and O–H groups in total. The first-order valence-electron chi connectivity index (χ1n) is 11.6. The highest BCUT2D eigenvalue weighted by atomic mass is 35.5. The Morgan fingerprint density at radius 2 is 1.64 bits per heavy atom. The number of fused-ring (bicyclic) bond motifs is 1. The number of nitrogens with one attached hydrogen (secondary N) is 1. The van der Waals surface area contributed by atoms with Crippen molar-refractivity contribution in [2.45, 2.75) is 50.7 Å². The Kier molecular flexibility index (Phi) is 8.44. The van der Waals surface area contributed by atoms with Crippen molar-refractivity contribution in [3.8, 4) is 0 Å². The van der Waals surface area contributed by atoms with E-state index in [9.17, 15) is 18.0 Å². The van der Waals surface area contributed by atoms with Gasteiger partial charge in [-0.3, -0.25) is 9.59 Å². The van der Waals surface area contributed by atoms with E-state index in [-0.39, 0.29) is 17.3 Å². The molecule has 0 aliphatic carbocycles. The van der Waals surface area contributed by atoms with Gasteiger partial charge in [0.2, 0.25) is 21.8 Å². The van der Waals surface area contributed by atoms with E-state index in [1.807, 2.05) is 45.0 Å². The summed E-state index contributed by atoms with van der Waals surface area (Å²) in [6, 6.07) is 18.5. The van der Waals surface area contributed by atoms with Crippen LogP contribution in [0.1, 0.15) is 33.3 Å². The third-order valence-electron chi connectivity index (χ3n) is 5.69. The van der Waals surface area contributed by atoms with E-state index >= 15 is 0 Å². The zero-order chi connectivity index (χ0) is 26.7. The van der Waals surface area contributed by atoms with Gasteiger partial charge < -0.3 is 10.2 Å². The molecule has 1 atom stereocenters. The minimum absolute atomic E-state index is 0.0939. The summed E-state index contributed by atoms with van der Waals surface area (Å²) in [6.07, 6.45) is 0. The molecule has 0 radical (unpaired) electrons. The second-order valence-electron chi connectivity index (χ2n) is 9.84. The van der Waals surface area contributed by atoms with Gasteiger partial charge in [-0.2, -0.15) is 4.31 Å². The van der Waals surface area contributed by atoms with Crippen LogP contribution >= 0.6 is 11.6 Å². The second kappa shape index (κ2) is 11.0. The molecule has 0 aromatic heterocycles. The molecular formula is C27H32ClN3O4S. The van der Waals surface area contributed by atoms with Crippen LogP contribution in [0.15, 0.2) is 71.6 Å². The molecule has 0 unspecified atom stereocenters. The molecule has 0 saturated heterocycles. The standard InChI is InChI=1S/C27H32ClN3O4S/c1-19(26(33)29-27(2,3)4)31(17-20-9-8-12-23(28)15-20)25(32)18-30(5)36(34,35)24-14-13-21-10-6-7-11-22(21)16-24/h6-16,19H,17-18H2,1-5H3,(H,29,33)/t19-/m0/s1. The first-order chi connectivity index (χ1) is 16.8. The van der Waals surface area contributed by atoms with Crippen molar-refractivity contribution in [1.29, 1.82) is 0 Å². The topological polar surface area (TPSA) is 86.8 Å². The Hall–Kier alpha value is -2.94. The van der Waals surface area contributed by atoms with E-state index in [1.54, 1.807) is 43.3 Å². The number of nitrogens with zero attached hydrogens (tertiary/aromatic N) is 2. The molecular weight excluding hydrogens is 498 g/mol. The number of carbonyl (C=O) groups is 2. The molecule has 0 fully saturated rings. The number of benzene rings is 3. The van der Waals surface area contributed by atoms with Crippen molar-refractivity contribution in [3.63, 3.8) is 0 Å². The molecule has 0 spiro atoms. The zero-order valence-corrected chi connectivity index (χ0v) is 22.7. The monoisotopic (exact) mass is 529 g/mol. The van der Waals surface area contributed by atoms with Crippen molar-refractivity contribution in [2.24, 2.45) is 0 Å². The van der Waals surface area contributed by atoms with Crippen LogP contribution in [0.25, 0.3) is 10.8 Å². The van der Waals surface area contributed by atoms with E-state index in [1.165, 1.54) is 18.0 Å². The second-order valence-corrected chi connectivity index (χ2v) is 12.3. The molecule has 36 heavy (non-hydrogen) atoms. The lowest BCUT2D eigenvalue weighted by Gasteiger charge is -2.32. The highest BCUT2D eigenvalue weighted by molar-refractivity contribution is 7.89. The SMILES string of the molecule is C[C@@H](C(=O)NC(C)(C)C)N(Cc1cccc(Cl)c1)C(=O)CN(C)S(=O)(=O)c1ccc2ccccc2c1. The molecule has 0 heterocycles. The highest BCUT2D eigenvalue weighted by Crippen LogP contribution is 2.22. The van der Waals surface area contributed by atoms with Gasteiger partial charge >= 0.3 is 0 Å². The van der Waals surface area contributed by atoms with Crippen LogP contribution in [0.2, 0.25) is 5.02 Å². The molecule has 0 aliphatic rings. The summed E-state index contributed by atoms with van der Waals surface area (Å²) >= 11 is 6.12. The minimum atomic E-state index is -3.95. The van der Waals surface area contributed by atoms with Crippen LogP contribution in [0.4, 0.5) is 0 Å². The van der Waals surface area contributed by atoms with E-state index in [2.05, 4.69) is 5.32 Å². The number of carbonyl (C=O) groups excluding carboxylic acids is 2. The number of likely N-dealkylation sites (N-methyl/N-ethyl adjacent to an activating group) is 1. The van der Waals surface area contributed by atoms with Crippen molar-refractivity contribution < 1.29 is 18.0 Å². The van der Waals surface area contributed by atoms with Gasteiger partial charge in [0.25, 0.3) is 0 Å². The van der Waals surface area contributed by atoms with Crippen LogP contribution in [0.3, 0.4) is 0 Å². The maximum Gasteiger partial charge on any atom is 0.243 e. The Labute approximate surface area is 218 Å². The summed E-state index contributed by atoms with van der Waals surface area (Å²) in [5.74, 6) is -0.837. The fourth-order valence-corrected chi connectivity index (χ4v) is 5.13. The molecule has 2 amide bonds. The number of amides is 2. The molecule has 7 nitrogen and oxygen atoms in total. The Morgan fingerprint density at radius 1 is 0.972 bits per heavy atom. The smallest absolute Gasteiger partial charge is 0.243 e. The summed E-state index contributed by atoms with van der Waals surface area (Å²) in [4.78, 5) is 27.8. The largest absolute Gasteiger partial charge is 0.350 e. The van der Waals surface area contributed by atoms with Crippen molar-refractivity contribution in [2.75, 3.05) is 13.6 Å². The molecule has 3 aromatic carbocycles. The maximum atomic E-state index is 13.5. The Balaban J connectivity index is 1.86. The van der Waals surface area contributed by atoms with Gasteiger partial charge in [0.05, 0.1) is 11.4 Å². The molecule has 192 valence electrons. The lowest BCUT2D eigenvalue weighted by Crippen LogP contribution is -2.54. The quantitative estimate of drug-likeness (QED) is 0.467. The normalized spacial score (nSPS) is 13.0. The van der Waals surface area contributed by atoms with Crippen molar-refractivity contribution in [1.82, 2.24) is 14.5 Å². The van der Waals surface area contributed by atoms with E-state index in [0.717, 1.165) is 20.6 Å². The van der Waals surface area contributed by atoms with Crippen molar-refractivity contribution >= 4 is 44.2 Å². The fourth-order valence-electron chi connectivity index (χ4n) is 3.76. The summed E-state index contributed by atoms with van der Waals surface area (Å²) < 4.78 is 27.6. The van der Waals surface area contributed by atoms with Gasteiger partial charge in [0.15, 0.2) is 0 Å². The third kappa shape index (κ3) is 6.84. The molecule has 0 saturated carbocycles. The lowest BCUT2D eigenvalue weighted by molar-refractivity contribution is -0.141. The fraction of sp³-hybridized carbons (Fsp3) is 0.333. The van der Waals surface area contributed by atoms with Crippen LogP contribution in [-0.2, 0) is 26.2 Å². The van der Waals surface area contributed by atoms with Gasteiger partial charge in [0.1, 0.15) is 6.04 Å². The predicted octanol–water partition coefficient (Wildman–Crippen LogP) is 4.45. The lowest BCUT2D eigenvalue weighted by atomic mass is 10.1. The van der Waals surface area contributed by atoms with Gasteiger partial charge in [-0.25, -0.2) is 8.42 Å². The van der Waals surface area contributed by atoms with Crippen LogP contribution < -0.4 is 5.32 Å². The summed E-state index contributed by atoms with van der Waals surface area (Å²) in [7, 11) is -2.59. The molecule has 3 rings (SSSR count). The molecule has 3 aromatic rings. The van der Waals surface area contributed by atoms with E-state index in [4.69, 9.17) is 11.6 Å². The Bertz CT molecular complexity index is 1370. The molecule has 0 aliphatic heterocycles. The van der Waals surface area contributed by atoms with Gasteiger partial charge in [-0.15, -0.1) is 0 Å². The number of rotatable bonds is 8. The van der Waals surface area contributed by atoms with E-state index < -0.39 is 34.1 Å². The molecule has 0 bridgehead atoms. The number of hydrogen-bond donors (Lipinski definition) is 1. The number of hydrogen-bond acceptors (Lipinski definition) is 4.